The van der Waals surface area contributed by atoms with Gasteiger partial charge in [-0.3, -0.25) is 9.59 Å². The fourth-order valence-electron chi connectivity index (χ4n) is 2.99. The molecule has 1 heterocycles. The molecule has 3 aromatic rings. The van der Waals surface area contributed by atoms with Crippen molar-refractivity contribution in [2.24, 2.45) is 5.92 Å². The Balaban J connectivity index is 1.90. The van der Waals surface area contributed by atoms with Crippen molar-refractivity contribution >= 4 is 33.8 Å². The highest BCUT2D eigenvalue weighted by atomic mass is 32.1. The average molecular weight is 393 g/mol. The summed E-state index contributed by atoms with van der Waals surface area (Å²) < 4.78 is 0. The van der Waals surface area contributed by atoms with Crippen molar-refractivity contribution in [1.29, 1.82) is 0 Å². The second-order valence-corrected chi connectivity index (χ2v) is 8.03. The van der Waals surface area contributed by atoms with E-state index >= 15 is 0 Å². The molecule has 0 saturated carbocycles. The van der Waals surface area contributed by atoms with Crippen LogP contribution in [0.1, 0.15) is 45.7 Å². The molecule has 2 amide bonds. The molecule has 0 atom stereocenters. The van der Waals surface area contributed by atoms with Gasteiger partial charge in [-0.05, 0) is 54.0 Å². The van der Waals surface area contributed by atoms with Crippen molar-refractivity contribution in [3.05, 3.63) is 82.2 Å². The SMILES string of the molecule is Cc1ccccc1NC(=O)c1c(CC(C)C)csc1NC(=O)c1ccccc1. The third-order valence-corrected chi connectivity index (χ3v) is 5.32. The number of hydrogen-bond acceptors (Lipinski definition) is 3. The lowest BCUT2D eigenvalue weighted by molar-refractivity contribution is 0.102. The molecule has 1 aromatic heterocycles. The second kappa shape index (κ2) is 8.85. The van der Waals surface area contributed by atoms with Crippen LogP contribution in [0.5, 0.6) is 0 Å². The van der Waals surface area contributed by atoms with Crippen LogP contribution in [-0.4, -0.2) is 11.8 Å². The predicted octanol–water partition coefficient (Wildman–Crippen LogP) is 5.76. The first-order valence-electron chi connectivity index (χ1n) is 9.29. The number of nitrogens with one attached hydrogen (secondary N) is 2. The zero-order valence-electron chi connectivity index (χ0n) is 16.3. The lowest BCUT2D eigenvalue weighted by Crippen LogP contribution is -2.18. The number of rotatable bonds is 6. The van der Waals surface area contributed by atoms with Gasteiger partial charge in [-0.25, -0.2) is 0 Å². The van der Waals surface area contributed by atoms with Crippen LogP contribution in [0.3, 0.4) is 0 Å². The Kier molecular flexibility index (Phi) is 6.26. The maximum Gasteiger partial charge on any atom is 0.258 e. The summed E-state index contributed by atoms with van der Waals surface area (Å²) in [5.41, 5.74) is 3.83. The zero-order valence-corrected chi connectivity index (χ0v) is 17.1. The molecule has 2 N–H and O–H groups in total. The van der Waals surface area contributed by atoms with Crippen LogP contribution in [0.4, 0.5) is 10.7 Å². The van der Waals surface area contributed by atoms with Gasteiger partial charge in [0.15, 0.2) is 0 Å². The van der Waals surface area contributed by atoms with Crippen molar-refractivity contribution in [3.8, 4) is 0 Å². The molecule has 5 heteroatoms. The molecule has 0 aliphatic carbocycles. The van der Waals surface area contributed by atoms with E-state index in [1.807, 2.05) is 54.8 Å². The highest BCUT2D eigenvalue weighted by Gasteiger charge is 2.22. The summed E-state index contributed by atoms with van der Waals surface area (Å²) in [6.45, 7) is 6.18. The van der Waals surface area contributed by atoms with Gasteiger partial charge in [-0.15, -0.1) is 11.3 Å². The Labute approximate surface area is 169 Å². The maximum atomic E-state index is 13.1. The normalized spacial score (nSPS) is 10.7. The second-order valence-electron chi connectivity index (χ2n) is 7.15. The van der Waals surface area contributed by atoms with Gasteiger partial charge in [-0.1, -0.05) is 50.2 Å². The highest BCUT2D eigenvalue weighted by Crippen LogP contribution is 2.31. The molecule has 3 rings (SSSR count). The van der Waals surface area contributed by atoms with Crippen LogP contribution in [0.15, 0.2) is 60.0 Å². The summed E-state index contributed by atoms with van der Waals surface area (Å²) in [5.74, 6) is -0.0182. The van der Waals surface area contributed by atoms with Gasteiger partial charge in [0.25, 0.3) is 11.8 Å². The molecule has 0 bridgehead atoms. The van der Waals surface area contributed by atoms with Gasteiger partial charge >= 0.3 is 0 Å². The summed E-state index contributed by atoms with van der Waals surface area (Å²) in [6.07, 6.45) is 0.772. The van der Waals surface area contributed by atoms with E-state index in [2.05, 4.69) is 24.5 Å². The Morgan fingerprint density at radius 1 is 0.929 bits per heavy atom. The molecule has 0 radical (unpaired) electrons. The van der Waals surface area contributed by atoms with Gasteiger partial charge in [0.05, 0.1) is 5.56 Å². The smallest absolute Gasteiger partial charge is 0.258 e. The summed E-state index contributed by atoms with van der Waals surface area (Å²) in [4.78, 5) is 25.7. The van der Waals surface area contributed by atoms with Crippen molar-refractivity contribution in [2.45, 2.75) is 27.2 Å². The van der Waals surface area contributed by atoms with Gasteiger partial charge in [0, 0.05) is 11.3 Å². The summed E-state index contributed by atoms with van der Waals surface area (Å²) in [7, 11) is 0. The Morgan fingerprint density at radius 3 is 2.29 bits per heavy atom. The molecule has 0 unspecified atom stereocenters. The minimum atomic E-state index is -0.219. The van der Waals surface area contributed by atoms with Crippen molar-refractivity contribution in [2.75, 3.05) is 10.6 Å². The molecule has 0 aliphatic heterocycles. The number of carbonyl (C=O) groups is 2. The van der Waals surface area contributed by atoms with E-state index in [4.69, 9.17) is 0 Å². The fraction of sp³-hybridized carbons (Fsp3) is 0.217. The predicted molar refractivity (Wildman–Crippen MR) is 116 cm³/mol. The van der Waals surface area contributed by atoms with E-state index in [-0.39, 0.29) is 11.8 Å². The number of hydrogen-bond donors (Lipinski definition) is 2. The molecule has 144 valence electrons. The number of benzene rings is 2. The summed E-state index contributed by atoms with van der Waals surface area (Å²) >= 11 is 1.39. The molecule has 0 spiro atoms. The van der Waals surface area contributed by atoms with Crippen LogP contribution >= 0.6 is 11.3 Å². The fourth-order valence-corrected chi connectivity index (χ4v) is 3.95. The zero-order chi connectivity index (χ0) is 20.1. The Morgan fingerprint density at radius 2 is 1.61 bits per heavy atom. The van der Waals surface area contributed by atoms with Gasteiger partial charge in [-0.2, -0.15) is 0 Å². The number of amides is 2. The molecule has 4 nitrogen and oxygen atoms in total. The molecule has 2 aromatic carbocycles. The molecule has 0 saturated heterocycles. The summed E-state index contributed by atoms with van der Waals surface area (Å²) in [5, 5.41) is 8.46. The Hall–Kier alpha value is -2.92. The van der Waals surface area contributed by atoms with Crippen LogP contribution in [0, 0.1) is 12.8 Å². The molecule has 0 fully saturated rings. The van der Waals surface area contributed by atoms with Crippen LogP contribution in [0.25, 0.3) is 0 Å². The monoisotopic (exact) mass is 392 g/mol. The number of anilines is 2. The summed E-state index contributed by atoms with van der Waals surface area (Å²) in [6, 6.07) is 16.7. The molecular weight excluding hydrogens is 368 g/mol. The van der Waals surface area contributed by atoms with E-state index in [1.165, 1.54) is 11.3 Å². The van der Waals surface area contributed by atoms with Gasteiger partial charge in [0.2, 0.25) is 0 Å². The first-order chi connectivity index (χ1) is 13.5. The quantitative estimate of drug-likeness (QED) is 0.560. The largest absolute Gasteiger partial charge is 0.322 e. The van der Waals surface area contributed by atoms with E-state index < -0.39 is 0 Å². The van der Waals surface area contributed by atoms with E-state index in [9.17, 15) is 9.59 Å². The van der Waals surface area contributed by atoms with Crippen molar-refractivity contribution in [3.63, 3.8) is 0 Å². The third kappa shape index (κ3) is 4.67. The number of carbonyl (C=O) groups excluding carboxylic acids is 2. The molecule has 28 heavy (non-hydrogen) atoms. The van der Waals surface area contributed by atoms with Crippen LogP contribution < -0.4 is 10.6 Å². The third-order valence-electron chi connectivity index (χ3n) is 4.38. The lowest BCUT2D eigenvalue weighted by atomic mass is 10.0. The highest BCUT2D eigenvalue weighted by molar-refractivity contribution is 7.15. The first-order valence-corrected chi connectivity index (χ1v) is 10.2. The van der Waals surface area contributed by atoms with E-state index in [1.54, 1.807) is 12.1 Å². The minimum Gasteiger partial charge on any atom is -0.322 e. The molecular formula is C23H24N2O2S. The number of aryl methyl sites for hydroxylation is 1. The van der Waals surface area contributed by atoms with Crippen LogP contribution in [-0.2, 0) is 6.42 Å². The number of para-hydroxylation sites is 1. The Bertz CT molecular complexity index is 977. The number of thiophene rings is 1. The lowest BCUT2D eigenvalue weighted by Gasteiger charge is -2.12. The van der Waals surface area contributed by atoms with Crippen LogP contribution in [0.2, 0.25) is 0 Å². The maximum absolute atomic E-state index is 13.1. The topological polar surface area (TPSA) is 58.2 Å². The van der Waals surface area contributed by atoms with Gasteiger partial charge < -0.3 is 10.6 Å². The van der Waals surface area contributed by atoms with E-state index in [0.29, 0.717) is 22.0 Å². The van der Waals surface area contributed by atoms with Crippen molar-refractivity contribution < 1.29 is 9.59 Å². The molecule has 0 aliphatic rings. The first kappa shape index (κ1) is 19.8. The van der Waals surface area contributed by atoms with Gasteiger partial charge in [0.1, 0.15) is 5.00 Å². The van der Waals surface area contributed by atoms with Crippen molar-refractivity contribution in [1.82, 2.24) is 0 Å². The van der Waals surface area contributed by atoms with E-state index in [0.717, 1.165) is 23.2 Å². The standard InChI is InChI=1S/C23H24N2O2S/c1-15(2)13-18-14-28-23(25-21(26)17-10-5-4-6-11-17)20(18)22(27)24-19-12-8-7-9-16(19)3/h4-12,14-15H,13H2,1-3H3,(H,24,27)(H,25,26). The minimum absolute atomic E-state index is 0.199. The average Bonchev–Trinajstić information content (AvgIpc) is 3.05.